The summed E-state index contributed by atoms with van der Waals surface area (Å²) in [7, 11) is 0. The predicted octanol–water partition coefficient (Wildman–Crippen LogP) is 1.73. The summed E-state index contributed by atoms with van der Waals surface area (Å²) in [5.74, 6) is -0.0487. The molecule has 0 saturated heterocycles. The van der Waals surface area contributed by atoms with Crippen molar-refractivity contribution in [1.29, 1.82) is 0 Å². The molecule has 15 heavy (non-hydrogen) atoms. The number of nitrogens with two attached hydrogens (primary N) is 1. The third kappa shape index (κ3) is 5.02. The van der Waals surface area contributed by atoms with Gasteiger partial charge >= 0.3 is 0 Å². The van der Waals surface area contributed by atoms with Crippen LogP contribution in [0.25, 0.3) is 0 Å². The first kappa shape index (κ1) is 14.2. The third-order valence-corrected chi connectivity index (χ3v) is 2.17. The Kier molecular flexibility index (Phi) is 7.13. The second kappa shape index (κ2) is 7.51. The van der Waals surface area contributed by atoms with Crippen molar-refractivity contribution in [1.82, 2.24) is 5.32 Å². The fraction of sp³-hybridized carbons (Fsp3) is 0.300. The number of amides is 1. The summed E-state index contributed by atoms with van der Waals surface area (Å²) in [5.41, 5.74) is 6.16. The molecule has 5 heteroatoms. The largest absolute Gasteiger partial charge is 0.352 e. The first-order valence-corrected chi connectivity index (χ1v) is 4.82. The molecule has 0 bridgehead atoms. The zero-order chi connectivity index (χ0) is 10.4. The van der Waals surface area contributed by atoms with Crippen LogP contribution in [0.5, 0.6) is 0 Å². The second-order valence-corrected chi connectivity index (χ2v) is 3.31. The fourth-order valence-electron chi connectivity index (χ4n) is 1.06. The molecule has 0 atom stereocenters. The van der Waals surface area contributed by atoms with E-state index in [0.717, 1.165) is 5.56 Å². The SMILES string of the molecule is Cl.NCCC(=O)NCc1ccccc1Cl. The Balaban J connectivity index is 0.00000196. The lowest BCUT2D eigenvalue weighted by Crippen LogP contribution is -2.25. The highest BCUT2D eigenvalue weighted by molar-refractivity contribution is 6.31. The minimum absolute atomic E-state index is 0. The third-order valence-electron chi connectivity index (χ3n) is 1.81. The highest BCUT2D eigenvalue weighted by Gasteiger charge is 2.01. The number of carbonyl (C=O) groups is 1. The Hall–Kier alpha value is -0.770. The van der Waals surface area contributed by atoms with E-state index in [2.05, 4.69) is 5.32 Å². The molecular formula is C10H14Cl2N2O. The van der Waals surface area contributed by atoms with E-state index in [4.69, 9.17) is 17.3 Å². The van der Waals surface area contributed by atoms with Gasteiger partial charge in [-0.15, -0.1) is 12.4 Å². The molecular weight excluding hydrogens is 235 g/mol. The Morgan fingerprint density at radius 1 is 1.40 bits per heavy atom. The smallest absolute Gasteiger partial charge is 0.221 e. The van der Waals surface area contributed by atoms with Gasteiger partial charge in [-0.3, -0.25) is 4.79 Å². The van der Waals surface area contributed by atoms with Crippen molar-refractivity contribution in [2.75, 3.05) is 6.54 Å². The molecule has 0 radical (unpaired) electrons. The molecule has 0 fully saturated rings. The Morgan fingerprint density at radius 2 is 2.07 bits per heavy atom. The number of carbonyl (C=O) groups excluding carboxylic acids is 1. The van der Waals surface area contributed by atoms with Crippen LogP contribution in [-0.4, -0.2) is 12.5 Å². The normalized spacial score (nSPS) is 9.20. The van der Waals surface area contributed by atoms with Crippen LogP contribution >= 0.6 is 24.0 Å². The summed E-state index contributed by atoms with van der Waals surface area (Å²) in [5, 5.41) is 3.40. The molecule has 0 aliphatic carbocycles. The molecule has 0 saturated carbocycles. The molecule has 0 aromatic heterocycles. The van der Waals surface area contributed by atoms with E-state index in [1.54, 1.807) is 6.07 Å². The lowest BCUT2D eigenvalue weighted by Gasteiger charge is -2.05. The molecule has 3 nitrogen and oxygen atoms in total. The molecule has 3 N–H and O–H groups in total. The Labute approximate surface area is 100 Å². The van der Waals surface area contributed by atoms with E-state index >= 15 is 0 Å². The average Bonchev–Trinajstić information content (AvgIpc) is 2.17. The van der Waals surface area contributed by atoms with Crippen LogP contribution in [0, 0.1) is 0 Å². The van der Waals surface area contributed by atoms with Crippen molar-refractivity contribution in [3.63, 3.8) is 0 Å². The van der Waals surface area contributed by atoms with E-state index in [-0.39, 0.29) is 18.3 Å². The standard InChI is InChI=1S/C10H13ClN2O.ClH/c11-9-4-2-1-3-8(9)7-13-10(14)5-6-12;/h1-4H,5-7,12H2,(H,13,14);1H. The Bertz CT molecular complexity index is 318. The van der Waals surface area contributed by atoms with E-state index in [0.29, 0.717) is 24.5 Å². The highest BCUT2D eigenvalue weighted by atomic mass is 35.5. The molecule has 1 amide bonds. The van der Waals surface area contributed by atoms with Crippen LogP contribution in [0.2, 0.25) is 5.02 Å². The van der Waals surface area contributed by atoms with E-state index in [9.17, 15) is 4.79 Å². The summed E-state index contributed by atoms with van der Waals surface area (Å²) in [4.78, 5) is 11.1. The quantitative estimate of drug-likeness (QED) is 0.853. The van der Waals surface area contributed by atoms with Crippen LogP contribution in [0.4, 0.5) is 0 Å². The highest BCUT2D eigenvalue weighted by Crippen LogP contribution is 2.14. The van der Waals surface area contributed by atoms with Gasteiger partial charge in [-0.25, -0.2) is 0 Å². The number of benzene rings is 1. The second-order valence-electron chi connectivity index (χ2n) is 2.91. The lowest BCUT2D eigenvalue weighted by atomic mass is 10.2. The van der Waals surface area contributed by atoms with Crippen LogP contribution in [0.1, 0.15) is 12.0 Å². The van der Waals surface area contributed by atoms with E-state index < -0.39 is 0 Å². The maximum absolute atomic E-state index is 11.1. The monoisotopic (exact) mass is 248 g/mol. The maximum atomic E-state index is 11.1. The summed E-state index contributed by atoms with van der Waals surface area (Å²) in [6.45, 7) is 0.826. The minimum atomic E-state index is -0.0487. The van der Waals surface area contributed by atoms with Crippen molar-refractivity contribution < 1.29 is 4.79 Å². The molecule has 0 aliphatic heterocycles. The molecule has 84 valence electrons. The first-order valence-electron chi connectivity index (χ1n) is 4.44. The van der Waals surface area contributed by atoms with Gasteiger partial charge in [-0.2, -0.15) is 0 Å². The zero-order valence-electron chi connectivity index (χ0n) is 8.20. The fourth-order valence-corrected chi connectivity index (χ4v) is 1.26. The zero-order valence-corrected chi connectivity index (χ0v) is 9.77. The van der Waals surface area contributed by atoms with Crippen LogP contribution in [0.3, 0.4) is 0 Å². The van der Waals surface area contributed by atoms with Crippen molar-refractivity contribution in [2.24, 2.45) is 5.73 Å². The number of rotatable bonds is 4. The molecule has 0 heterocycles. The van der Waals surface area contributed by atoms with Gasteiger partial charge in [-0.05, 0) is 11.6 Å². The van der Waals surface area contributed by atoms with Gasteiger partial charge in [0.1, 0.15) is 0 Å². The van der Waals surface area contributed by atoms with E-state index in [1.165, 1.54) is 0 Å². The molecule has 1 rings (SSSR count). The minimum Gasteiger partial charge on any atom is -0.352 e. The average molecular weight is 249 g/mol. The van der Waals surface area contributed by atoms with Gasteiger partial charge in [0.05, 0.1) is 0 Å². The van der Waals surface area contributed by atoms with Crippen LogP contribution in [-0.2, 0) is 11.3 Å². The molecule has 0 aliphatic rings. The van der Waals surface area contributed by atoms with Crippen molar-refractivity contribution >= 4 is 29.9 Å². The van der Waals surface area contributed by atoms with Gasteiger partial charge < -0.3 is 11.1 Å². The van der Waals surface area contributed by atoms with E-state index in [1.807, 2.05) is 18.2 Å². The topological polar surface area (TPSA) is 55.1 Å². The number of hydrogen-bond acceptors (Lipinski definition) is 2. The number of hydrogen-bond donors (Lipinski definition) is 2. The van der Waals surface area contributed by atoms with Crippen LogP contribution < -0.4 is 11.1 Å². The lowest BCUT2D eigenvalue weighted by molar-refractivity contribution is -0.121. The van der Waals surface area contributed by atoms with Gasteiger partial charge in [-0.1, -0.05) is 29.8 Å². The molecule has 1 aromatic rings. The van der Waals surface area contributed by atoms with Gasteiger partial charge in [0.25, 0.3) is 0 Å². The van der Waals surface area contributed by atoms with Gasteiger partial charge in [0, 0.05) is 24.5 Å². The predicted molar refractivity (Wildman–Crippen MR) is 64.2 cm³/mol. The molecule has 0 spiro atoms. The number of nitrogens with one attached hydrogen (secondary N) is 1. The van der Waals surface area contributed by atoms with Gasteiger partial charge in [0.2, 0.25) is 5.91 Å². The van der Waals surface area contributed by atoms with Crippen molar-refractivity contribution in [2.45, 2.75) is 13.0 Å². The number of halogens is 2. The maximum Gasteiger partial charge on any atom is 0.221 e. The summed E-state index contributed by atoms with van der Waals surface area (Å²) >= 11 is 5.91. The van der Waals surface area contributed by atoms with Crippen molar-refractivity contribution in [3.8, 4) is 0 Å². The molecule has 0 unspecified atom stereocenters. The van der Waals surface area contributed by atoms with Crippen LogP contribution in [0.15, 0.2) is 24.3 Å². The first-order chi connectivity index (χ1) is 6.74. The van der Waals surface area contributed by atoms with Gasteiger partial charge in [0.15, 0.2) is 0 Å². The molecule has 1 aromatic carbocycles. The summed E-state index contributed by atoms with van der Waals surface area (Å²) in [6, 6.07) is 7.42. The summed E-state index contributed by atoms with van der Waals surface area (Å²) < 4.78 is 0. The Morgan fingerprint density at radius 3 is 2.67 bits per heavy atom. The summed E-state index contributed by atoms with van der Waals surface area (Å²) in [6.07, 6.45) is 0.352. The van der Waals surface area contributed by atoms with Crippen molar-refractivity contribution in [3.05, 3.63) is 34.9 Å².